The van der Waals surface area contributed by atoms with Crippen molar-refractivity contribution >= 4 is 28.5 Å². The van der Waals surface area contributed by atoms with E-state index in [4.69, 9.17) is 16.3 Å². The summed E-state index contributed by atoms with van der Waals surface area (Å²) in [5.74, 6) is -0.137. The fourth-order valence-electron chi connectivity index (χ4n) is 4.28. The number of halogens is 1. The third kappa shape index (κ3) is 5.39. The zero-order chi connectivity index (χ0) is 24.2. The zero-order valence-corrected chi connectivity index (χ0v) is 19.8. The zero-order valence-electron chi connectivity index (χ0n) is 19.0. The summed E-state index contributed by atoms with van der Waals surface area (Å²) >= 11 is 6.14. The van der Waals surface area contributed by atoms with Crippen molar-refractivity contribution in [3.63, 3.8) is 0 Å². The van der Waals surface area contributed by atoms with Crippen molar-refractivity contribution in [3.8, 4) is 16.9 Å². The molecule has 5 aromatic rings. The number of ether oxygens (including phenoxy) is 1. The Morgan fingerprint density at radius 2 is 1.63 bits per heavy atom. The van der Waals surface area contributed by atoms with E-state index in [1.807, 2.05) is 79.0 Å². The lowest BCUT2D eigenvalue weighted by Gasteiger charge is -2.09. The van der Waals surface area contributed by atoms with Gasteiger partial charge in [0.25, 0.3) is 0 Å². The molecule has 5 heteroatoms. The van der Waals surface area contributed by atoms with Crippen molar-refractivity contribution in [2.24, 2.45) is 0 Å². The number of aliphatic carboxylic acids is 1. The second-order valence-corrected chi connectivity index (χ2v) is 8.95. The highest BCUT2D eigenvalue weighted by Crippen LogP contribution is 2.29. The highest BCUT2D eigenvalue weighted by atomic mass is 35.5. The molecule has 0 unspecified atom stereocenters. The fraction of sp³-hybridized carbons (Fsp3) is 0.100. The van der Waals surface area contributed by atoms with E-state index < -0.39 is 5.97 Å². The van der Waals surface area contributed by atoms with Gasteiger partial charge in [-0.15, -0.1) is 0 Å². The van der Waals surface area contributed by atoms with Crippen LogP contribution in [0.4, 0.5) is 0 Å². The first-order valence-corrected chi connectivity index (χ1v) is 11.8. The maximum absolute atomic E-state index is 11.5. The maximum Gasteiger partial charge on any atom is 0.307 e. The molecule has 1 heterocycles. The highest BCUT2D eigenvalue weighted by Gasteiger charge is 2.13. The number of aromatic nitrogens is 1. The average Bonchev–Trinajstić information content (AvgIpc) is 3.19. The van der Waals surface area contributed by atoms with Gasteiger partial charge in [0.2, 0.25) is 0 Å². The van der Waals surface area contributed by atoms with E-state index in [9.17, 15) is 9.90 Å². The number of carbonyl (C=O) groups is 1. The van der Waals surface area contributed by atoms with Gasteiger partial charge in [-0.1, -0.05) is 78.3 Å². The maximum atomic E-state index is 11.5. The Hall–Kier alpha value is -4.02. The third-order valence-electron chi connectivity index (χ3n) is 5.99. The van der Waals surface area contributed by atoms with Crippen LogP contribution in [0.25, 0.3) is 22.0 Å². The molecule has 0 amide bonds. The summed E-state index contributed by atoms with van der Waals surface area (Å²) in [5, 5.41) is 11.1. The van der Waals surface area contributed by atoms with E-state index in [1.54, 1.807) is 0 Å². The van der Waals surface area contributed by atoms with Gasteiger partial charge >= 0.3 is 5.97 Å². The molecule has 1 N–H and O–H groups in total. The molecule has 0 aliphatic carbocycles. The summed E-state index contributed by atoms with van der Waals surface area (Å²) in [6.07, 6.45) is 1.89. The van der Waals surface area contributed by atoms with Gasteiger partial charge in [-0.3, -0.25) is 4.79 Å². The Balaban J connectivity index is 1.40. The molecule has 0 saturated carbocycles. The minimum Gasteiger partial charge on any atom is -0.489 e. The van der Waals surface area contributed by atoms with Crippen LogP contribution in [0.5, 0.6) is 5.75 Å². The van der Waals surface area contributed by atoms with Crippen LogP contribution in [0, 0.1) is 0 Å². The largest absolute Gasteiger partial charge is 0.489 e. The number of benzene rings is 4. The fourth-order valence-corrected chi connectivity index (χ4v) is 4.47. The Morgan fingerprint density at radius 3 is 2.37 bits per heavy atom. The predicted molar refractivity (Wildman–Crippen MR) is 140 cm³/mol. The average molecular weight is 482 g/mol. The van der Waals surface area contributed by atoms with Gasteiger partial charge < -0.3 is 14.4 Å². The standard InChI is InChI=1S/C30H24ClNO3/c31-26-8-4-7-24(15-26)23-11-9-21(10-12-23)18-32-19-25(16-30(33)34)28-17-27(13-14-29(28)32)35-20-22-5-2-1-3-6-22/h1-15,17,19H,16,18,20H2,(H,33,34). The van der Waals surface area contributed by atoms with E-state index in [0.29, 0.717) is 18.2 Å². The van der Waals surface area contributed by atoms with Gasteiger partial charge in [0, 0.05) is 28.7 Å². The van der Waals surface area contributed by atoms with Gasteiger partial charge in [0.1, 0.15) is 12.4 Å². The van der Waals surface area contributed by atoms with Gasteiger partial charge in [0.15, 0.2) is 0 Å². The molecule has 0 saturated heterocycles. The highest BCUT2D eigenvalue weighted by molar-refractivity contribution is 6.30. The molecular weight excluding hydrogens is 458 g/mol. The first-order chi connectivity index (χ1) is 17.0. The van der Waals surface area contributed by atoms with Gasteiger partial charge in [-0.05, 0) is 58.1 Å². The number of hydrogen-bond donors (Lipinski definition) is 1. The minimum atomic E-state index is -0.856. The quantitative estimate of drug-likeness (QED) is 0.254. The molecule has 174 valence electrons. The Kier molecular flexibility index (Phi) is 6.55. The molecular formula is C30H24ClNO3. The first kappa shape index (κ1) is 22.8. The molecule has 4 nitrogen and oxygen atoms in total. The minimum absolute atomic E-state index is 0.0423. The smallest absolute Gasteiger partial charge is 0.307 e. The Morgan fingerprint density at radius 1 is 0.829 bits per heavy atom. The van der Waals surface area contributed by atoms with Crippen molar-refractivity contribution in [2.45, 2.75) is 19.6 Å². The van der Waals surface area contributed by atoms with E-state index in [2.05, 4.69) is 28.8 Å². The van der Waals surface area contributed by atoms with Crippen LogP contribution in [-0.4, -0.2) is 15.6 Å². The summed E-state index contributed by atoms with van der Waals surface area (Å²) in [7, 11) is 0. The topological polar surface area (TPSA) is 51.5 Å². The molecule has 4 aromatic carbocycles. The molecule has 0 radical (unpaired) electrons. The van der Waals surface area contributed by atoms with E-state index in [1.165, 1.54) is 0 Å². The van der Waals surface area contributed by atoms with E-state index >= 15 is 0 Å². The van der Waals surface area contributed by atoms with Crippen LogP contribution in [0.3, 0.4) is 0 Å². The van der Waals surface area contributed by atoms with Crippen LogP contribution >= 0.6 is 11.6 Å². The summed E-state index contributed by atoms with van der Waals surface area (Å²) < 4.78 is 8.09. The van der Waals surface area contributed by atoms with Crippen LogP contribution in [0.1, 0.15) is 16.7 Å². The molecule has 0 fully saturated rings. The molecule has 0 aliphatic rings. The second kappa shape index (κ2) is 10.1. The Labute approximate surface area is 209 Å². The predicted octanol–water partition coefficient (Wildman–Crippen LogP) is 7.22. The number of nitrogens with zero attached hydrogens (tertiary/aromatic N) is 1. The van der Waals surface area contributed by atoms with Gasteiger partial charge in [0.05, 0.1) is 6.42 Å². The number of carboxylic acid groups (broad SMARTS) is 1. The first-order valence-electron chi connectivity index (χ1n) is 11.4. The SMILES string of the molecule is O=C(O)Cc1cn(Cc2ccc(-c3cccc(Cl)c3)cc2)c2ccc(OCc3ccccc3)cc12. The second-order valence-electron chi connectivity index (χ2n) is 8.51. The number of rotatable bonds is 8. The summed E-state index contributed by atoms with van der Waals surface area (Å²) in [5.41, 5.74) is 6.12. The molecule has 5 rings (SSSR count). The number of carboxylic acids is 1. The lowest BCUT2D eigenvalue weighted by atomic mass is 10.0. The van der Waals surface area contributed by atoms with Crippen molar-refractivity contribution < 1.29 is 14.6 Å². The summed E-state index contributed by atoms with van der Waals surface area (Å²) in [6, 6.07) is 32.0. The van der Waals surface area contributed by atoms with Crippen molar-refractivity contribution in [2.75, 3.05) is 0 Å². The van der Waals surface area contributed by atoms with Crippen LogP contribution < -0.4 is 4.74 Å². The number of hydrogen-bond acceptors (Lipinski definition) is 2. The normalized spacial score (nSPS) is 11.0. The third-order valence-corrected chi connectivity index (χ3v) is 6.22. The van der Waals surface area contributed by atoms with Crippen LogP contribution in [0.15, 0.2) is 103 Å². The summed E-state index contributed by atoms with van der Waals surface area (Å²) in [4.78, 5) is 11.5. The van der Waals surface area contributed by atoms with Crippen molar-refractivity contribution in [1.29, 1.82) is 0 Å². The lowest BCUT2D eigenvalue weighted by molar-refractivity contribution is -0.136. The molecule has 1 aromatic heterocycles. The van der Waals surface area contributed by atoms with Gasteiger partial charge in [-0.25, -0.2) is 0 Å². The Bertz CT molecular complexity index is 1470. The molecule has 0 atom stereocenters. The summed E-state index contributed by atoms with van der Waals surface area (Å²) in [6.45, 7) is 1.09. The van der Waals surface area contributed by atoms with E-state index in [-0.39, 0.29) is 6.42 Å². The molecule has 35 heavy (non-hydrogen) atoms. The van der Waals surface area contributed by atoms with Crippen LogP contribution in [0.2, 0.25) is 5.02 Å². The lowest BCUT2D eigenvalue weighted by Crippen LogP contribution is -2.00. The van der Waals surface area contributed by atoms with Gasteiger partial charge in [-0.2, -0.15) is 0 Å². The molecule has 0 aliphatic heterocycles. The molecule has 0 spiro atoms. The monoisotopic (exact) mass is 481 g/mol. The number of fused-ring (bicyclic) bond motifs is 1. The molecule has 0 bridgehead atoms. The van der Waals surface area contributed by atoms with E-state index in [0.717, 1.165) is 44.5 Å². The van der Waals surface area contributed by atoms with Crippen LogP contribution in [-0.2, 0) is 24.4 Å². The van der Waals surface area contributed by atoms with Crippen molar-refractivity contribution in [1.82, 2.24) is 4.57 Å². The van der Waals surface area contributed by atoms with Crippen molar-refractivity contribution in [3.05, 3.63) is 125 Å².